The second-order valence-electron chi connectivity index (χ2n) is 5.21. The smallest absolute Gasteiger partial charge is 0.227 e. The van der Waals surface area contributed by atoms with Crippen LogP contribution in [-0.4, -0.2) is 26.0 Å². The van der Waals surface area contributed by atoms with Gasteiger partial charge in [-0.05, 0) is 56.5 Å². The molecule has 1 aromatic rings. The zero-order valence-electron chi connectivity index (χ0n) is 11.3. The van der Waals surface area contributed by atoms with Crippen molar-refractivity contribution in [2.45, 2.75) is 26.2 Å². The summed E-state index contributed by atoms with van der Waals surface area (Å²) >= 11 is 0. The Morgan fingerprint density at radius 3 is 3.00 bits per heavy atom. The minimum absolute atomic E-state index is 0.217. The summed E-state index contributed by atoms with van der Waals surface area (Å²) in [5.74, 6) is 0.716. The Kier molecular flexibility index (Phi) is 4.37. The molecule has 0 bridgehead atoms. The Labute approximate surface area is 109 Å². The average Bonchev–Trinajstić information content (AvgIpc) is 2.39. The van der Waals surface area contributed by atoms with Crippen LogP contribution in [0.1, 0.15) is 24.8 Å². The van der Waals surface area contributed by atoms with Crippen molar-refractivity contribution in [3.05, 3.63) is 29.8 Å². The molecule has 0 radical (unpaired) electrons. The van der Waals surface area contributed by atoms with Crippen LogP contribution < -0.4 is 10.2 Å². The van der Waals surface area contributed by atoms with E-state index in [2.05, 4.69) is 11.4 Å². The quantitative estimate of drug-likeness (QED) is 0.888. The Bertz CT molecular complexity index is 411. The lowest BCUT2D eigenvalue weighted by atomic mass is 9.95. The standard InChI is InChI=1S/C15H22N2O/c1-12-5-3-7-14(9-12)17(2)15(18)10-13-6-4-8-16-11-13/h3,5,7,9,13,16H,4,6,8,10-11H2,1-2H3. The largest absolute Gasteiger partial charge is 0.316 e. The maximum absolute atomic E-state index is 12.2. The fraction of sp³-hybridized carbons (Fsp3) is 0.533. The van der Waals surface area contributed by atoms with Gasteiger partial charge >= 0.3 is 0 Å². The molecule has 1 aliphatic heterocycles. The third kappa shape index (κ3) is 3.33. The number of carbonyl (C=O) groups excluding carboxylic acids is 1. The van der Waals surface area contributed by atoms with E-state index >= 15 is 0 Å². The molecule has 1 aliphatic rings. The van der Waals surface area contributed by atoms with Crippen LogP contribution in [0.15, 0.2) is 24.3 Å². The van der Waals surface area contributed by atoms with Crippen LogP contribution in [0.4, 0.5) is 5.69 Å². The van der Waals surface area contributed by atoms with Crippen molar-refractivity contribution in [1.82, 2.24) is 5.32 Å². The van der Waals surface area contributed by atoms with Crippen LogP contribution in [0.2, 0.25) is 0 Å². The topological polar surface area (TPSA) is 32.3 Å². The molecule has 1 heterocycles. The van der Waals surface area contributed by atoms with E-state index in [-0.39, 0.29) is 5.91 Å². The maximum Gasteiger partial charge on any atom is 0.227 e. The monoisotopic (exact) mass is 246 g/mol. The first-order valence-corrected chi connectivity index (χ1v) is 6.71. The molecule has 0 saturated carbocycles. The van der Waals surface area contributed by atoms with E-state index in [0.29, 0.717) is 12.3 Å². The number of nitrogens with one attached hydrogen (secondary N) is 1. The molecule has 18 heavy (non-hydrogen) atoms. The van der Waals surface area contributed by atoms with Gasteiger partial charge in [0.25, 0.3) is 0 Å². The third-order valence-electron chi connectivity index (χ3n) is 3.63. The molecule has 2 rings (SSSR count). The zero-order chi connectivity index (χ0) is 13.0. The first-order chi connectivity index (χ1) is 8.66. The lowest BCUT2D eigenvalue weighted by Crippen LogP contribution is -2.35. The van der Waals surface area contributed by atoms with Crippen molar-refractivity contribution in [2.24, 2.45) is 5.92 Å². The number of anilines is 1. The van der Waals surface area contributed by atoms with Crippen molar-refractivity contribution in [3.8, 4) is 0 Å². The number of benzene rings is 1. The number of amides is 1. The fourth-order valence-corrected chi connectivity index (χ4v) is 2.46. The van der Waals surface area contributed by atoms with Crippen LogP contribution in [0.3, 0.4) is 0 Å². The third-order valence-corrected chi connectivity index (χ3v) is 3.63. The highest BCUT2D eigenvalue weighted by molar-refractivity contribution is 5.93. The van der Waals surface area contributed by atoms with Gasteiger partial charge in [-0.2, -0.15) is 0 Å². The normalized spacial score (nSPS) is 19.6. The molecule has 1 aromatic carbocycles. The van der Waals surface area contributed by atoms with Gasteiger partial charge in [0.15, 0.2) is 0 Å². The van der Waals surface area contributed by atoms with E-state index in [9.17, 15) is 4.79 Å². The summed E-state index contributed by atoms with van der Waals surface area (Å²) in [6.07, 6.45) is 3.00. The molecule has 0 aliphatic carbocycles. The van der Waals surface area contributed by atoms with E-state index in [1.807, 2.05) is 32.2 Å². The van der Waals surface area contributed by atoms with Gasteiger partial charge in [-0.1, -0.05) is 12.1 Å². The summed E-state index contributed by atoms with van der Waals surface area (Å²) in [6, 6.07) is 8.09. The molecule has 3 heteroatoms. The number of carbonyl (C=O) groups is 1. The lowest BCUT2D eigenvalue weighted by molar-refractivity contribution is -0.119. The van der Waals surface area contributed by atoms with Gasteiger partial charge in [0.05, 0.1) is 0 Å². The molecule has 1 atom stereocenters. The first-order valence-electron chi connectivity index (χ1n) is 6.71. The van der Waals surface area contributed by atoms with Crippen LogP contribution in [0.25, 0.3) is 0 Å². The minimum Gasteiger partial charge on any atom is -0.316 e. The number of piperidine rings is 1. The number of nitrogens with zero attached hydrogens (tertiary/aromatic N) is 1. The Morgan fingerprint density at radius 2 is 2.33 bits per heavy atom. The number of hydrogen-bond acceptors (Lipinski definition) is 2. The summed E-state index contributed by atoms with van der Waals surface area (Å²) in [5, 5.41) is 3.36. The molecule has 1 unspecified atom stereocenters. The van der Waals surface area contributed by atoms with E-state index in [0.717, 1.165) is 18.8 Å². The minimum atomic E-state index is 0.217. The van der Waals surface area contributed by atoms with Crippen LogP contribution in [-0.2, 0) is 4.79 Å². The predicted molar refractivity (Wildman–Crippen MR) is 74.8 cm³/mol. The van der Waals surface area contributed by atoms with Crippen molar-refractivity contribution in [3.63, 3.8) is 0 Å². The van der Waals surface area contributed by atoms with Gasteiger partial charge in [0.2, 0.25) is 5.91 Å². The fourth-order valence-electron chi connectivity index (χ4n) is 2.46. The molecule has 1 fully saturated rings. The molecular weight excluding hydrogens is 224 g/mol. The van der Waals surface area contributed by atoms with Crippen LogP contribution in [0, 0.1) is 12.8 Å². The second kappa shape index (κ2) is 6.01. The van der Waals surface area contributed by atoms with Gasteiger partial charge in [-0.25, -0.2) is 0 Å². The van der Waals surface area contributed by atoms with Crippen LogP contribution in [0.5, 0.6) is 0 Å². The molecule has 1 N–H and O–H groups in total. The lowest BCUT2D eigenvalue weighted by Gasteiger charge is -2.25. The molecule has 1 amide bonds. The number of rotatable bonds is 3. The summed E-state index contributed by atoms with van der Waals surface area (Å²) in [6.45, 7) is 4.12. The molecule has 0 aromatic heterocycles. The van der Waals surface area contributed by atoms with Crippen molar-refractivity contribution in [1.29, 1.82) is 0 Å². The molecule has 1 saturated heterocycles. The van der Waals surface area contributed by atoms with Crippen molar-refractivity contribution >= 4 is 11.6 Å². The summed E-state index contributed by atoms with van der Waals surface area (Å²) in [5.41, 5.74) is 2.18. The Morgan fingerprint density at radius 1 is 1.50 bits per heavy atom. The SMILES string of the molecule is Cc1cccc(N(C)C(=O)CC2CCCNC2)c1. The van der Waals surface area contributed by atoms with Crippen molar-refractivity contribution < 1.29 is 4.79 Å². The number of aryl methyl sites for hydroxylation is 1. The maximum atomic E-state index is 12.2. The van der Waals surface area contributed by atoms with Crippen LogP contribution >= 0.6 is 0 Å². The molecular formula is C15H22N2O. The van der Waals surface area contributed by atoms with E-state index in [1.165, 1.54) is 18.4 Å². The highest BCUT2D eigenvalue weighted by Gasteiger charge is 2.19. The summed E-state index contributed by atoms with van der Waals surface area (Å²) in [4.78, 5) is 14.0. The van der Waals surface area contributed by atoms with Gasteiger partial charge in [-0.15, -0.1) is 0 Å². The second-order valence-corrected chi connectivity index (χ2v) is 5.21. The highest BCUT2D eigenvalue weighted by Crippen LogP contribution is 2.19. The summed E-state index contributed by atoms with van der Waals surface area (Å²) < 4.78 is 0. The van der Waals surface area contributed by atoms with Gasteiger partial charge < -0.3 is 10.2 Å². The van der Waals surface area contributed by atoms with E-state index in [4.69, 9.17) is 0 Å². The summed E-state index contributed by atoms with van der Waals surface area (Å²) in [7, 11) is 1.87. The highest BCUT2D eigenvalue weighted by atomic mass is 16.2. The molecule has 0 spiro atoms. The van der Waals surface area contributed by atoms with Gasteiger partial charge in [0, 0.05) is 19.2 Å². The first kappa shape index (κ1) is 13.1. The molecule has 98 valence electrons. The molecule has 3 nitrogen and oxygen atoms in total. The number of hydrogen-bond donors (Lipinski definition) is 1. The predicted octanol–water partition coefficient (Wildman–Crippen LogP) is 2.35. The Balaban J connectivity index is 1.95. The van der Waals surface area contributed by atoms with E-state index in [1.54, 1.807) is 4.90 Å². The van der Waals surface area contributed by atoms with Crippen molar-refractivity contribution in [2.75, 3.05) is 25.0 Å². The van der Waals surface area contributed by atoms with Gasteiger partial charge in [0.1, 0.15) is 0 Å². The van der Waals surface area contributed by atoms with E-state index < -0.39 is 0 Å². The Hall–Kier alpha value is -1.35. The van der Waals surface area contributed by atoms with Gasteiger partial charge in [-0.3, -0.25) is 4.79 Å². The zero-order valence-corrected chi connectivity index (χ0v) is 11.3. The average molecular weight is 246 g/mol.